The van der Waals surface area contributed by atoms with Crippen LogP contribution in [-0.4, -0.2) is 53.4 Å². The fraction of sp³-hybridized carbons (Fsp3) is 0.524. The van der Waals surface area contributed by atoms with E-state index >= 15 is 0 Å². The Kier molecular flexibility index (Phi) is 8.84. The summed E-state index contributed by atoms with van der Waals surface area (Å²) in [6.07, 6.45) is 6.25. The summed E-state index contributed by atoms with van der Waals surface area (Å²) < 4.78 is 1.89. The summed E-state index contributed by atoms with van der Waals surface area (Å²) >= 11 is 0. The molecule has 0 bridgehead atoms. The van der Waals surface area contributed by atoms with Crippen LogP contribution < -0.4 is 10.6 Å². The van der Waals surface area contributed by atoms with Gasteiger partial charge in [-0.1, -0.05) is 32.0 Å². The number of rotatable bonds is 10. The molecule has 0 aliphatic rings. The second kappa shape index (κ2) is 11.4. The van der Waals surface area contributed by atoms with E-state index in [9.17, 15) is 0 Å². The maximum atomic E-state index is 4.44. The first-order valence-corrected chi connectivity index (χ1v) is 9.94. The largest absolute Gasteiger partial charge is 0.354 e. The van der Waals surface area contributed by atoms with Crippen LogP contribution in [0.3, 0.4) is 0 Å². The molecule has 0 saturated heterocycles. The molecule has 0 radical (unpaired) electrons. The number of hydrogen-bond acceptors (Lipinski definition) is 3. The molecule has 6 nitrogen and oxygen atoms in total. The summed E-state index contributed by atoms with van der Waals surface area (Å²) in [6.45, 7) is 10.7. The van der Waals surface area contributed by atoms with Crippen LogP contribution >= 0.6 is 0 Å². The molecule has 1 unspecified atom stereocenters. The van der Waals surface area contributed by atoms with Crippen LogP contribution in [0.15, 0.2) is 47.7 Å². The molecule has 0 fully saturated rings. The average molecular weight is 371 g/mol. The van der Waals surface area contributed by atoms with E-state index in [1.54, 1.807) is 0 Å². The van der Waals surface area contributed by atoms with Gasteiger partial charge < -0.3 is 15.5 Å². The number of para-hydroxylation sites is 1. The maximum absolute atomic E-state index is 4.44. The van der Waals surface area contributed by atoms with E-state index in [1.807, 2.05) is 54.5 Å². The number of nitrogens with one attached hydrogen (secondary N) is 2. The van der Waals surface area contributed by atoms with Crippen molar-refractivity contribution in [3.63, 3.8) is 0 Å². The Bertz CT molecular complexity index is 675. The lowest BCUT2D eigenvalue weighted by Gasteiger charge is -2.21. The normalized spacial score (nSPS) is 13.0. The molecule has 27 heavy (non-hydrogen) atoms. The second-order valence-electron chi connectivity index (χ2n) is 6.77. The zero-order valence-electron chi connectivity index (χ0n) is 17.2. The van der Waals surface area contributed by atoms with Gasteiger partial charge in [-0.2, -0.15) is 5.10 Å². The molecule has 2 aromatic rings. The first-order chi connectivity index (χ1) is 13.2. The third-order valence-corrected chi connectivity index (χ3v) is 4.73. The summed E-state index contributed by atoms with van der Waals surface area (Å²) in [6, 6.07) is 10.5. The summed E-state index contributed by atoms with van der Waals surface area (Å²) in [5, 5.41) is 11.3. The lowest BCUT2D eigenvalue weighted by atomic mass is 10.2. The number of benzene rings is 1. The Morgan fingerprint density at radius 1 is 1.22 bits per heavy atom. The zero-order chi connectivity index (χ0) is 19.5. The first kappa shape index (κ1) is 21.0. The standard InChI is InChI=1S/C21H34N6/c1-5-26(6-2)14-10-11-18(3)25-21(22-4)23-15-19-16-24-27(17-19)20-12-8-7-9-13-20/h7-9,12-13,16-18H,5-6,10-11,14-15H2,1-4H3,(H2,22,23,25). The predicted octanol–water partition coefficient (Wildman–Crippen LogP) is 3.05. The van der Waals surface area contributed by atoms with Crippen molar-refractivity contribution < 1.29 is 0 Å². The van der Waals surface area contributed by atoms with Gasteiger partial charge in [0, 0.05) is 31.4 Å². The molecule has 0 spiro atoms. The maximum Gasteiger partial charge on any atom is 0.191 e. The Labute approximate surface area is 163 Å². The molecule has 0 amide bonds. The van der Waals surface area contributed by atoms with Gasteiger partial charge in [0.05, 0.1) is 11.9 Å². The molecule has 1 atom stereocenters. The highest BCUT2D eigenvalue weighted by Crippen LogP contribution is 2.07. The Morgan fingerprint density at radius 3 is 2.63 bits per heavy atom. The van der Waals surface area contributed by atoms with Crippen molar-refractivity contribution in [1.29, 1.82) is 0 Å². The van der Waals surface area contributed by atoms with E-state index in [4.69, 9.17) is 0 Å². The van der Waals surface area contributed by atoms with Crippen LogP contribution in [0.4, 0.5) is 0 Å². The van der Waals surface area contributed by atoms with E-state index in [0.717, 1.165) is 43.3 Å². The average Bonchev–Trinajstić information content (AvgIpc) is 3.18. The van der Waals surface area contributed by atoms with Crippen molar-refractivity contribution in [2.75, 3.05) is 26.7 Å². The molecule has 2 N–H and O–H groups in total. The van der Waals surface area contributed by atoms with Crippen molar-refractivity contribution in [2.45, 2.75) is 46.2 Å². The summed E-state index contributed by atoms with van der Waals surface area (Å²) in [7, 11) is 1.81. The monoisotopic (exact) mass is 370 g/mol. The molecule has 1 aromatic heterocycles. The lowest BCUT2D eigenvalue weighted by Crippen LogP contribution is -2.42. The van der Waals surface area contributed by atoms with Crippen molar-refractivity contribution in [3.8, 4) is 5.69 Å². The minimum Gasteiger partial charge on any atom is -0.354 e. The fourth-order valence-electron chi connectivity index (χ4n) is 3.02. The summed E-state index contributed by atoms with van der Waals surface area (Å²) in [4.78, 5) is 6.80. The van der Waals surface area contributed by atoms with E-state index < -0.39 is 0 Å². The van der Waals surface area contributed by atoms with Gasteiger partial charge in [0.15, 0.2) is 5.96 Å². The topological polar surface area (TPSA) is 57.5 Å². The molecule has 1 heterocycles. The number of guanidine groups is 1. The van der Waals surface area contributed by atoms with Gasteiger partial charge in [-0.3, -0.25) is 4.99 Å². The zero-order valence-corrected chi connectivity index (χ0v) is 17.2. The van der Waals surface area contributed by atoms with Crippen molar-refractivity contribution in [1.82, 2.24) is 25.3 Å². The minimum absolute atomic E-state index is 0.388. The van der Waals surface area contributed by atoms with Crippen molar-refractivity contribution in [2.24, 2.45) is 4.99 Å². The first-order valence-electron chi connectivity index (χ1n) is 9.94. The predicted molar refractivity (Wildman–Crippen MR) is 113 cm³/mol. The fourth-order valence-corrected chi connectivity index (χ4v) is 3.02. The van der Waals surface area contributed by atoms with Crippen LogP contribution in [0.25, 0.3) is 5.69 Å². The molecule has 1 aromatic carbocycles. The third kappa shape index (κ3) is 7.06. The second-order valence-corrected chi connectivity index (χ2v) is 6.77. The molecule has 6 heteroatoms. The molecule has 0 aliphatic heterocycles. The highest BCUT2D eigenvalue weighted by atomic mass is 15.3. The number of hydrogen-bond donors (Lipinski definition) is 2. The van der Waals surface area contributed by atoms with Crippen LogP contribution in [0.5, 0.6) is 0 Å². The van der Waals surface area contributed by atoms with Crippen LogP contribution in [0.1, 0.15) is 39.2 Å². The van der Waals surface area contributed by atoms with E-state index in [0.29, 0.717) is 12.6 Å². The van der Waals surface area contributed by atoms with Gasteiger partial charge in [0.25, 0.3) is 0 Å². The van der Waals surface area contributed by atoms with E-state index in [-0.39, 0.29) is 0 Å². The van der Waals surface area contributed by atoms with Gasteiger partial charge in [0.1, 0.15) is 0 Å². The molecule has 148 valence electrons. The molecular weight excluding hydrogens is 336 g/mol. The smallest absolute Gasteiger partial charge is 0.191 e. The Morgan fingerprint density at radius 2 is 1.96 bits per heavy atom. The quantitative estimate of drug-likeness (QED) is 0.499. The van der Waals surface area contributed by atoms with E-state index in [2.05, 4.69) is 46.4 Å². The molecular formula is C21H34N6. The Balaban J connectivity index is 1.76. The van der Waals surface area contributed by atoms with Crippen LogP contribution in [-0.2, 0) is 6.54 Å². The van der Waals surface area contributed by atoms with Gasteiger partial charge in [-0.25, -0.2) is 4.68 Å². The lowest BCUT2D eigenvalue weighted by molar-refractivity contribution is 0.292. The molecule has 0 saturated carbocycles. The van der Waals surface area contributed by atoms with Gasteiger partial charge >= 0.3 is 0 Å². The van der Waals surface area contributed by atoms with Crippen molar-refractivity contribution in [3.05, 3.63) is 48.3 Å². The number of aromatic nitrogens is 2. The van der Waals surface area contributed by atoms with Gasteiger partial charge in [-0.15, -0.1) is 0 Å². The van der Waals surface area contributed by atoms with Gasteiger partial charge in [-0.05, 0) is 51.5 Å². The number of aliphatic imine (C=N–C) groups is 1. The third-order valence-electron chi connectivity index (χ3n) is 4.73. The SMILES string of the molecule is CCN(CC)CCCC(C)NC(=NC)NCc1cnn(-c2ccccc2)c1. The van der Waals surface area contributed by atoms with Crippen LogP contribution in [0.2, 0.25) is 0 Å². The van der Waals surface area contributed by atoms with Gasteiger partial charge in [0.2, 0.25) is 0 Å². The van der Waals surface area contributed by atoms with E-state index in [1.165, 1.54) is 6.42 Å². The van der Waals surface area contributed by atoms with Crippen LogP contribution in [0, 0.1) is 0 Å². The summed E-state index contributed by atoms with van der Waals surface area (Å²) in [5.41, 5.74) is 2.18. The van der Waals surface area contributed by atoms with Crippen molar-refractivity contribution >= 4 is 5.96 Å². The Hall–Kier alpha value is -2.34. The highest BCUT2D eigenvalue weighted by Gasteiger charge is 2.07. The number of nitrogens with zero attached hydrogens (tertiary/aromatic N) is 4. The minimum atomic E-state index is 0.388. The highest BCUT2D eigenvalue weighted by molar-refractivity contribution is 5.79. The molecule has 2 rings (SSSR count). The molecule has 0 aliphatic carbocycles. The summed E-state index contributed by atoms with van der Waals surface area (Å²) in [5.74, 6) is 0.831.